The number of nitrogens with zero attached hydrogens (tertiary/aromatic N) is 5. The van der Waals surface area contributed by atoms with Crippen molar-refractivity contribution in [3.05, 3.63) is 70.2 Å². The summed E-state index contributed by atoms with van der Waals surface area (Å²) < 4.78 is 80.6. The number of aromatic nitrogens is 6. The first-order valence-electron chi connectivity index (χ1n) is 9.25. The van der Waals surface area contributed by atoms with E-state index in [2.05, 4.69) is 25.5 Å². The van der Waals surface area contributed by atoms with E-state index in [9.17, 15) is 31.1 Å². The van der Waals surface area contributed by atoms with Gasteiger partial charge in [0, 0.05) is 29.5 Å². The van der Waals surface area contributed by atoms with Crippen LogP contribution in [0.1, 0.15) is 29.8 Å². The lowest BCUT2D eigenvalue weighted by Crippen LogP contribution is -2.18. The molecular weight excluding hydrogens is 456 g/mol. The number of rotatable bonds is 4. The van der Waals surface area contributed by atoms with Gasteiger partial charge in [0.05, 0.1) is 35.1 Å². The first-order chi connectivity index (χ1) is 15.4. The van der Waals surface area contributed by atoms with Crippen molar-refractivity contribution < 1.29 is 26.3 Å². The average molecular weight is 469 g/mol. The second-order valence-corrected chi connectivity index (χ2v) is 6.94. The molecule has 0 aliphatic heterocycles. The molecular formula is C19H13F6N7O. The fourth-order valence-electron chi connectivity index (χ4n) is 3.29. The Hall–Kier alpha value is -3.97. The number of pyridine rings is 1. The molecule has 1 atom stereocenters. The summed E-state index contributed by atoms with van der Waals surface area (Å²) in [6.07, 6.45) is -4.70. The minimum Gasteiger partial charge on any atom is -0.376 e. The third-order valence-electron chi connectivity index (χ3n) is 4.68. The van der Waals surface area contributed by atoms with Crippen molar-refractivity contribution in [1.29, 1.82) is 0 Å². The Bertz CT molecular complexity index is 1360. The summed E-state index contributed by atoms with van der Waals surface area (Å²) in [7, 11) is 0. The maximum Gasteiger partial charge on any atom is 0.418 e. The molecule has 0 saturated carbocycles. The molecule has 0 amide bonds. The van der Waals surface area contributed by atoms with Crippen LogP contribution in [-0.4, -0.2) is 29.9 Å². The van der Waals surface area contributed by atoms with E-state index in [1.165, 1.54) is 24.8 Å². The number of aromatic amines is 1. The van der Waals surface area contributed by atoms with E-state index in [1.807, 2.05) is 4.98 Å². The van der Waals surface area contributed by atoms with Gasteiger partial charge >= 0.3 is 12.4 Å². The Morgan fingerprint density at radius 3 is 2.24 bits per heavy atom. The zero-order valence-corrected chi connectivity index (χ0v) is 16.5. The number of H-pyrrole nitrogens is 1. The summed E-state index contributed by atoms with van der Waals surface area (Å²) in [5, 5.41) is 10.2. The van der Waals surface area contributed by atoms with Crippen molar-refractivity contribution in [1.82, 2.24) is 29.9 Å². The van der Waals surface area contributed by atoms with Crippen molar-refractivity contribution in [2.45, 2.75) is 25.3 Å². The Balaban J connectivity index is 1.88. The molecule has 0 fully saturated rings. The van der Waals surface area contributed by atoms with Gasteiger partial charge in [-0.2, -0.15) is 36.5 Å². The van der Waals surface area contributed by atoms with E-state index in [4.69, 9.17) is 0 Å². The van der Waals surface area contributed by atoms with Crippen LogP contribution in [0.25, 0.3) is 16.7 Å². The van der Waals surface area contributed by atoms with Crippen molar-refractivity contribution in [2.24, 2.45) is 0 Å². The monoisotopic (exact) mass is 469 g/mol. The van der Waals surface area contributed by atoms with Crippen LogP contribution < -0.4 is 10.9 Å². The van der Waals surface area contributed by atoms with Crippen LogP contribution in [0.15, 0.2) is 47.8 Å². The highest BCUT2D eigenvalue weighted by Crippen LogP contribution is 2.41. The van der Waals surface area contributed by atoms with Gasteiger partial charge in [-0.05, 0) is 19.1 Å². The van der Waals surface area contributed by atoms with Crippen molar-refractivity contribution in [3.8, 4) is 5.82 Å². The maximum atomic E-state index is 13.5. The highest BCUT2D eigenvalue weighted by Gasteiger charge is 2.39. The summed E-state index contributed by atoms with van der Waals surface area (Å²) in [6.45, 7) is 1.54. The third kappa shape index (κ3) is 4.36. The summed E-state index contributed by atoms with van der Waals surface area (Å²) in [5.41, 5.74) is -4.83. The van der Waals surface area contributed by atoms with Gasteiger partial charge < -0.3 is 10.3 Å². The quantitative estimate of drug-likeness (QED) is 0.437. The topological polar surface area (TPSA) is 101 Å². The molecule has 4 aromatic rings. The molecule has 4 rings (SSSR count). The number of nitrogens with one attached hydrogen (secondary N) is 2. The molecule has 3 heterocycles. The molecule has 2 N–H and O–H groups in total. The summed E-state index contributed by atoms with van der Waals surface area (Å²) >= 11 is 0. The van der Waals surface area contributed by atoms with Gasteiger partial charge in [-0.15, -0.1) is 4.80 Å². The molecule has 3 aromatic heterocycles. The molecule has 33 heavy (non-hydrogen) atoms. The molecule has 0 spiro atoms. The Morgan fingerprint density at radius 2 is 1.61 bits per heavy atom. The third-order valence-corrected chi connectivity index (χ3v) is 4.68. The number of benzene rings is 1. The smallest absolute Gasteiger partial charge is 0.376 e. The van der Waals surface area contributed by atoms with Crippen molar-refractivity contribution in [2.75, 3.05) is 5.32 Å². The number of anilines is 1. The van der Waals surface area contributed by atoms with Gasteiger partial charge in [0.15, 0.2) is 5.82 Å². The lowest BCUT2D eigenvalue weighted by atomic mass is 10.0. The summed E-state index contributed by atoms with van der Waals surface area (Å²) in [6, 6.07) is 0.577. The first kappa shape index (κ1) is 22.2. The van der Waals surface area contributed by atoms with Gasteiger partial charge in [-0.25, -0.2) is 4.98 Å². The van der Waals surface area contributed by atoms with E-state index in [1.54, 1.807) is 6.92 Å². The van der Waals surface area contributed by atoms with Crippen LogP contribution in [-0.2, 0) is 12.4 Å². The van der Waals surface area contributed by atoms with Crippen LogP contribution in [0.5, 0.6) is 0 Å². The highest BCUT2D eigenvalue weighted by molar-refractivity contribution is 5.94. The molecule has 1 unspecified atom stereocenters. The zero-order valence-electron chi connectivity index (χ0n) is 16.5. The Morgan fingerprint density at radius 1 is 0.939 bits per heavy atom. The number of alkyl halides is 6. The standard InChI is InChI=1S/C19H13F6N7O/c1-9(15-17(27-3-2-26-15)32-28-4-5-29-32)30-13-8-14(33)31-16-11(13)6-10(18(20,21)22)7-12(16)19(23,24)25/h2-9H,1H3,(H2,30,31,33). The van der Waals surface area contributed by atoms with E-state index in [0.717, 1.165) is 10.9 Å². The molecule has 1 aromatic carbocycles. The number of halogens is 6. The van der Waals surface area contributed by atoms with Crippen molar-refractivity contribution >= 4 is 16.6 Å². The van der Waals surface area contributed by atoms with Gasteiger partial charge in [0.2, 0.25) is 5.56 Å². The van der Waals surface area contributed by atoms with Gasteiger partial charge in [0.1, 0.15) is 5.69 Å². The molecule has 172 valence electrons. The van der Waals surface area contributed by atoms with E-state index >= 15 is 0 Å². The first-order valence-corrected chi connectivity index (χ1v) is 9.25. The van der Waals surface area contributed by atoms with Crippen LogP contribution in [0, 0.1) is 0 Å². The zero-order chi connectivity index (χ0) is 24.0. The molecule has 14 heteroatoms. The maximum absolute atomic E-state index is 13.5. The van der Waals surface area contributed by atoms with Crippen LogP contribution in [0.4, 0.5) is 32.0 Å². The Labute approximate surface area is 180 Å². The summed E-state index contributed by atoms with van der Waals surface area (Å²) in [4.78, 5) is 23.5. The minimum absolute atomic E-state index is 0.0321. The fourth-order valence-corrected chi connectivity index (χ4v) is 3.29. The fraction of sp³-hybridized carbons (Fsp3) is 0.211. The molecule has 0 aliphatic carbocycles. The molecule has 0 radical (unpaired) electrons. The molecule has 0 bridgehead atoms. The highest BCUT2D eigenvalue weighted by atomic mass is 19.4. The lowest BCUT2D eigenvalue weighted by Gasteiger charge is -2.20. The van der Waals surface area contributed by atoms with Gasteiger partial charge in [0.25, 0.3) is 0 Å². The lowest BCUT2D eigenvalue weighted by molar-refractivity contribution is -0.142. The SMILES string of the molecule is CC(Nc1cc(=O)[nH]c2c(C(F)(F)F)cc(C(F)(F)F)cc12)c1nccnc1-n1nccn1. The number of fused-ring (bicyclic) bond motifs is 1. The van der Waals surface area contributed by atoms with Crippen LogP contribution in [0.2, 0.25) is 0 Å². The summed E-state index contributed by atoms with van der Waals surface area (Å²) in [5.74, 6) is 0.184. The molecule has 8 nitrogen and oxygen atoms in total. The van der Waals surface area contributed by atoms with Crippen molar-refractivity contribution in [3.63, 3.8) is 0 Å². The van der Waals surface area contributed by atoms with Gasteiger partial charge in [-0.3, -0.25) is 9.78 Å². The minimum atomic E-state index is -5.14. The normalized spacial score (nSPS) is 13.3. The second kappa shape index (κ2) is 7.86. The van der Waals surface area contributed by atoms with E-state index < -0.39 is 46.0 Å². The number of hydrogen-bond acceptors (Lipinski definition) is 6. The van der Waals surface area contributed by atoms with E-state index in [0.29, 0.717) is 6.07 Å². The predicted octanol–water partition coefficient (Wildman–Crippen LogP) is 4.11. The largest absolute Gasteiger partial charge is 0.418 e. The molecule has 0 aliphatic rings. The number of hydrogen-bond donors (Lipinski definition) is 2. The van der Waals surface area contributed by atoms with E-state index in [-0.39, 0.29) is 23.3 Å². The van der Waals surface area contributed by atoms with Gasteiger partial charge in [-0.1, -0.05) is 0 Å². The Kier molecular flexibility index (Phi) is 5.30. The molecule has 0 saturated heterocycles. The second-order valence-electron chi connectivity index (χ2n) is 6.94. The van der Waals surface area contributed by atoms with Crippen LogP contribution >= 0.6 is 0 Å². The average Bonchev–Trinajstić information content (AvgIpc) is 3.26. The predicted molar refractivity (Wildman–Crippen MR) is 104 cm³/mol. The van der Waals surface area contributed by atoms with Crippen LogP contribution in [0.3, 0.4) is 0 Å².